The van der Waals surface area contributed by atoms with Gasteiger partial charge in [-0.15, -0.1) is 5.10 Å². The van der Waals surface area contributed by atoms with Crippen LogP contribution in [0.5, 0.6) is 0 Å². The smallest absolute Gasteiger partial charge is 0.186 e. The van der Waals surface area contributed by atoms with Gasteiger partial charge in [0.2, 0.25) is 0 Å². The second-order valence-corrected chi connectivity index (χ2v) is 12.8. The molecule has 0 aliphatic carbocycles. The molecule has 6 aromatic heterocycles. The van der Waals surface area contributed by atoms with E-state index in [1.165, 1.54) is 0 Å². The van der Waals surface area contributed by atoms with Crippen molar-refractivity contribution in [1.29, 1.82) is 0 Å². The zero-order valence-electron chi connectivity index (χ0n) is 29.8. The van der Waals surface area contributed by atoms with Crippen molar-refractivity contribution in [2.75, 3.05) is 0 Å². The fourth-order valence-electron chi connectivity index (χ4n) is 5.93. The van der Waals surface area contributed by atoms with Gasteiger partial charge in [-0.3, -0.25) is 9.97 Å². The SMILES string of the molecule is Cc1ncc(C)n2nc(C(F)Cc3nc(-c4ccccc4)cn3C)nc12.Cc1ncc(C)n2nc(CC(F)c3nc(-c4ccccc4)cn3C)nc12. The lowest BCUT2D eigenvalue weighted by molar-refractivity contribution is 0.314. The third-order valence-electron chi connectivity index (χ3n) is 8.79. The average Bonchev–Trinajstić information content (AvgIpc) is 3.95. The van der Waals surface area contributed by atoms with Gasteiger partial charge in [0.1, 0.15) is 11.6 Å². The first kappa shape index (κ1) is 34.3. The number of hydrogen-bond donors (Lipinski definition) is 0. The van der Waals surface area contributed by atoms with Crippen molar-refractivity contribution in [2.45, 2.75) is 52.9 Å². The van der Waals surface area contributed by atoms with Gasteiger partial charge in [-0.05, 0) is 27.7 Å². The van der Waals surface area contributed by atoms with E-state index < -0.39 is 12.3 Å². The van der Waals surface area contributed by atoms with Crippen LogP contribution in [0.15, 0.2) is 85.5 Å². The van der Waals surface area contributed by atoms with Gasteiger partial charge >= 0.3 is 0 Å². The number of imidazole rings is 2. The van der Waals surface area contributed by atoms with Crippen molar-refractivity contribution in [1.82, 2.24) is 58.3 Å². The molecule has 0 aliphatic heterocycles. The molecule has 0 radical (unpaired) electrons. The summed E-state index contributed by atoms with van der Waals surface area (Å²) in [5.74, 6) is 1.63. The highest BCUT2D eigenvalue weighted by molar-refractivity contribution is 5.59. The number of aryl methyl sites for hydroxylation is 6. The van der Waals surface area contributed by atoms with Gasteiger partial charge in [0, 0.05) is 62.9 Å². The summed E-state index contributed by atoms with van der Waals surface area (Å²) in [7, 11) is 3.67. The van der Waals surface area contributed by atoms with Crippen LogP contribution >= 0.6 is 0 Å². The van der Waals surface area contributed by atoms with E-state index in [2.05, 4.69) is 40.1 Å². The van der Waals surface area contributed by atoms with E-state index in [-0.39, 0.29) is 18.7 Å². The largest absolute Gasteiger partial charge is 0.337 e. The number of nitrogens with zero attached hydrogens (tertiary/aromatic N) is 12. The van der Waals surface area contributed by atoms with E-state index in [0.717, 1.165) is 45.3 Å². The number of hydrogen-bond acceptors (Lipinski definition) is 8. The molecule has 52 heavy (non-hydrogen) atoms. The standard InChI is InChI=1S/2C19H19FN6/c1-12-10-21-13(2)19-23-18(24-26(12)19)15(20)9-17-22-16(11-25(17)3)14-7-5-4-6-8-14;1-12-10-21-13(2)18-23-17(24-26(12)18)9-15(20)19-22-16(11-25(19)3)14-7-5-4-6-8-14/h2*4-8,10-11,15H,9H2,1-3H3. The molecule has 8 aromatic rings. The molecule has 0 N–H and O–H groups in total. The number of halogens is 2. The molecule has 2 atom stereocenters. The molecule has 2 unspecified atom stereocenters. The van der Waals surface area contributed by atoms with Crippen LogP contribution in [0, 0.1) is 27.7 Å². The molecule has 2 aromatic carbocycles. The Hall–Kier alpha value is -6.18. The molecule has 14 heteroatoms. The summed E-state index contributed by atoms with van der Waals surface area (Å²) in [6.45, 7) is 7.47. The first-order valence-electron chi connectivity index (χ1n) is 16.9. The maximum Gasteiger partial charge on any atom is 0.186 e. The highest BCUT2D eigenvalue weighted by Crippen LogP contribution is 2.26. The minimum absolute atomic E-state index is 0.0691. The Kier molecular flexibility index (Phi) is 9.37. The number of aromatic nitrogens is 12. The molecule has 264 valence electrons. The van der Waals surface area contributed by atoms with E-state index in [0.29, 0.717) is 28.8 Å². The lowest BCUT2D eigenvalue weighted by atomic mass is 10.2. The molecule has 6 heterocycles. The van der Waals surface area contributed by atoms with E-state index in [9.17, 15) is 8.78 Å². The van der Waals surface area contributed by atoms with Gasteiger partial charge < -0.3 is 9.13 Å². The molecule has 0 saturated heterocycles. The fourth-order valence-corrected chi connectivity index (χ4v) is 5.93. The van der Waals surface area contributed by atoms with Gasteiger partial charge in [0.15, 0.2) is 35.3 Å². The van der Waals surface area contributed by atoms with Crippen LogP contribution in [0.4, 0.5) is 8.78 Å². The van der Waals surface area contributed by atoms with Crippen LogP contribution in [0.1, 0.15) is 58.4 Å². The van der Waals surface area contributed by atoms with Crippen LogP contribution in [0.3, 0.4) is 0 Å². The van der Waals surface area contributed by atoms with Crippen molar-refractivity contribution < 1.29 is 8.78 Å². The molecule has 8 rings (SSSR count). The van der Waals surface area contributed by atoms with Crippen LogP contribution in [-0.2, 0) is 26.9 Å². The Morgan fingerprint density at radius 3 is 1.71 bits per heavy atom. The predicted molar refractivity (Wildman–Crippen MR) is 193 cm³/mol. The number of fused-ring (bicyclic) bond motifs is 2. The molecule has 0 spiro atoms. The Morgan fingerprint density at radius 1 is 0.596 bits per heavy atom. The molecule has 0 fully saturated rings. The molecule has 0 amide bonds. The molecule has 0 saturated carbocycles. The molecular weight excluding hydrogens is 662 g/mol. The predicted octanol–water partition coefficient (Wildman–Crippen LogP) is 6.79. The summed E-state index contributed by atoms with van der Waals surface area (Å²) < 4.78 is 36.8. The van der Waals surface area contributed by atoms with E-state index in [1.54, 1.807) is 33.0 Å². The van der Waals surface area contributed by atoms with E-state index >= 15 is 0 Å². The van der Waals surface area contributed by atoms with Crippen molar-refractivity contribution in [3.05, 3.63) is 132 Å². The van der Waals surface area contributed by atoms with Crippen molar-refractivity contribution in [3.63, 3.8) is 0 Å². The first-order chi connectivity index (χ1) is 25.0. The second-order valence-electron chi connectivity index (χ2n) is 12.8. The van der Waals surface area contributed by atoms with E-state index in [1.807, 2.05) is 112 Å². The maximum absolute atomic E-state index is 15.0. The van der Waals surface area contributed by atoms with E-state index in [4.69, 9.17) is 0 Å². The van der Waals surface area contributed by atoms with Gasteiger partial charge in [-0.25, -0.2) is 37.7 Å². The lowest BCUT2D eigenvalue weighted by Gasteiger charge is -2.05. The van der Waals surface area contributed by atoms with Crippen LogP contribution < -0.4 is 0 Å². The zero-order chi connectivity index (χ0) is 36.5. The average molecular weight is 701 g/mol. The Labute approximate surface area is 298 Å². The monoisotopic (exact) mass is 700 g/mol. The van der Waals surface area contributed by atoms with Crippen molar-refractivity contribution >= 4 is 11.3 Å². The van der Waals surface area contributed by atoms with Crippen LogP contribution in [0.2, 0.25) is 0 Å². The summed E-state index contributed by atoms with van der Waals surface area (Å²) in [5, 5.41) is 8.74. The van der Waals surface area contributed by atoms with Gasteiger partial charge in [0.05, 0.1) is 34.2 Å². The normalized spacial score (nSPS) is 12.6. The van der Waals surface area contributed by atoms with Gasteiger partial charge in [-0.2, -0.15) is 5.10 Å². The third kappa shape index (κ3) is 6.91. The third-order valence-corrected chi connectivity index (χ3v) is 8.79. The Bertz CT molecular complexity index is 2400. The minimum Gasteiger partial charge on any atom is -0.337 e. The fraction of sp³-hybridized carbons (Fsp3) is 0.263. The van der Waals surface area contributed by atoms with Crippen molar-refractivity contribution in [3.8, 4) is 22.5 Å². The highest BCUT2D eigenvalue weighted by atomic mass is 19.1. The first-order valence-corrected chi connectivity index (χ1v) is 16.9. The summed E-state index contributed by atoms with van der Waals surface area (Å²) in [5.41, 5.74) is 7.99. The minimum atomic E-state index is -1.33. The lowest BCUT2D eigenvalue weighted by Crippen LogP contribution is -2.06. The molecule has 0 bridgehead atoms. The zero-order valence-corrected chi connectivity index (χ0v) is 29.8. The summed E-state index contributed by atoms with van der Waals surface area (Å²) in [6, 6.07) is 19.6. The Morgan fingerprint density at radius 2 is 1.13 bits per heavy atom. The molecule has 0 aliphatic rings. The van der Waals surface area contributed by atoms with Gasteiger partial charge in [0.25, 0.3) is 0 Å². The Balaban J connectivity index is 0.000000162. The summed E-state index contributed by atoms with van der Waals surface area (Å²) in [6.07, 6.45) is 4.75. The van der Waals surface area contributed by atoms with Gasteiger partial charge in [-0.1, -0.05) is 60.7 Å². The number of rotatable bonds is 8. The molecule has 12 nitrogen and oxygen atoms in total. The highest BCUT2D eigenvalue weighted by Gasteiger charge is 2.23. The summed E-state index contributed by atoms with van der Waals surface area (Å²) in [4.78, 5) is 26.4. The topological polar surface area (TPSA) is 122 Å². The van der Waals surface area contributed by atoms with Crippen LogP contribution in [0.25, 0.3) is 33.8 Å². The second kappa shape index (κ2) is 14.2. The van der Waals surface area contributed by atoms with Crippen LogP contribution in [-0.4, -0.2) is 58.3 Å². The quantitative estimate of drug-likeness (QED) is 0.170. The molecular formula is C38H38F2N12. The van der Waals surface area contributed by atoms with Crippen molar-refractivity contribution in [2.24, 2.45) is 14.1 Å². The maximum atomic E-state index is 15.0. The summed E-state index contributed by atoms with van der Waals surface area (Å²) >= 11 is 0. The number of alkyl halides is 2. The number of benzene rings is 2.